The molecule has 5 heteroatoms. The van der Waals surface area contributed by atoms with Crippen molar-refractivity contribution in [2.45, 2.75) is 78.6 Å². The maximum Gasteiger partial charge on any atom is 0.252 e. The molecule has 0 aliphatic heterocycles. The lowest BCUT2D eigenvalue weighted by molar-refractivity contribution is -0.400. The van der Waals surface area contributed by atoms with Gasteiger partial charge in [-0.05, 0) is 60.8 Å². The minimum Gasteiger partial charge on any atom is -0.543 e. The second kappa shape index (κ2) is 6.09. The Bertz CT molecular complexity index is 301. The smallest absolute Gasteiger partial charge is 0.252 e. The van der Waals surface area contributed by atoms with E-state index in [0.717, 1.165) is 0 Å². The van der Waals surface area contributed by atoms with Crippen LogP contribution in [-0.4, -0.2) is 23.0 Å². The quantitative estimate of drug-likeness (QED) is 0.423. The normalized spacial score (nSPS) is 15.2. The Morgan fingerprint density at radius 2 is 1.53 bits per heavy atom. The molecule has 0 aromatic heterocycles. The second-order valence-electron chi connectivity index (χ2n) is 7.10. The van der Waals surface area contributed by atoms with Gasteiger partial charge in [-0.1, -0.05) is 6.92 Å². The standard InChI is InChI=1S/C14H28O5/c1-10(14(7,8)17-11(15)16)9-13(5,6)19-18-12(2,3)4/h10H,9H2,1-8H3,(H,15,16)/p-1. The van der Waals surface area contributed by atoms with Crippen LogP contribution in [0.25, 0.3) is 0 Å². The first kappa shape index (κ1) is 18.2. The van der Waals surface area contributed by atoms with E-state index in [1.807, 2.05) is 41.5 Å². The van der Waals surface area contributed by atoms with Gasteiger partial charge in [0.05, 0.1) is 11.2 Å². The van der Waals surface area contributed by atoms with Crippen LogP contribution in [-0.2, 0) is 14.5 Å². The molecule has 1 atom stereocenters. The van der Waals surface area contributed by atoms with Crippen molar-refractivity contribution in [2.75, 3.05) is 0 Å². The summed E-state index contributed by atoms with van der Waals surface area (Å²) in [6.45, 7) is 14.8. The van der Waals surface area contributed by atoms with E-state index in [1.165, 1.54) is 0 Å². The van der Waals surface area contributed by atoms with Gasteiger partial charge in [-0.15, -0.1) is 0 Å². The van der Waals surface area contributed by atoms with Gasteiger partial charge in [-0.3, -0.25) is 0 Å². The molecule has 0 fully saturated rings. The van der Waals surface area contributed by atoms with Crippen LogP contribution in [0.3, 0.4) is 0 Å². The van der Waals surface area contributed by atoms with Crippen molar-refractivity contribution in [3.05, 3.63) is 0 Å². The number of carbonyl (C=O) groups is 1. The average Bonchev–Trinajstić information content (AvgIpc) is 2.11. The summed E-state index contributed by atoms with van der Waals surface area (Å²) in [5, 5.41) is 10.6. The summed E-state index contributed by atoms with van der Waals surface area (Å²) in [7, 11) is 0. The predicted octanol–water partition coefficient (Wildman–Crippen LogP) is 2.68. The van der Waals surface area contributed by atoms with E-state index in [2.05, 4.69) is 0 Å². The van der Waals surface area contributed by atoms with Crippen molar-refractivity contribution in [1.29, 1.82) is 0 Å². The van der Waals surface area contributed by atoms with Gasteiger partial charge in [0.15, 0.2) is 0 Å². The predicted molar refractivity (Wildman–Crippen MR) is 70.3 cm³/mol. The molecular formula is C14H27O5-. The second-order valence-corrected chi connectivity index (χ2v) is 7.10. The summed E-state index contributed by atoms with van der Waals surface area (Å²) >= 11 is 0. The molecule has 0 aromatic carbocycles. The van der Waals surface area contributed by atoms with Crippen LogP contribution in [0.15, 0.2) is 0 Å². The van der Waals surface area contributed by atoms with Crippen LogP contribution < -0.4 is 5.11 Å². The molecule has 1 unspecified atom stereocenters. The Kier molecular flexibility index (Phi) is 5.83. The highest BCUT2D eigenvalue weighted by Crippen LogP contribution is 2.31. The molecule has 0 bridgehead atoms. The largest absolute Gasteiger partial charge is 0.543 e. The monoisotopic (exact) mass is 275 g/mol. The third kappa shape index (κ3) is 8.06. The average molecular weight is 275 g/mol. The summed E-state index contributed by atoms with van der Waals surface area (Å²) in [6, 6.07) is 0. The maximum absolute atomic E-state index is 10.6. The first-order valence-corrected chi connectivity index (χ1v) is 6.52. The Labute approximate surface area is 116 Å². The third-order valence-corrected chi connectivity index (χ3v) is 2.85. The molecule has 0 aliphatic carbocycles. The van der Waals surface area contributed by atoms with Crippen LogP contribution >= 0.6 is 0 Å². The zero-order valence-electron chi connectivity index (χ0n) is 13.3. The molecule has 114 valence electrons. The molecule has 0 radical (unpaired) electrons. The Hall–Kier alpha value is -0.810. The molecular weight excluding hydrogens is 248 g/mol. The highest BCUT2D eigenvalue weighted by atomic mass is 17.2. The molecule has 0 aromatic rings. The molecule has 0 saturated heterocycles. The lowest BCUT2D eigenvalue weighted by Gasteiger charge is -2.39. The van der Waals surface area contributed by atoms with Gasteiger partial charge in [0.1, 0.15) is 0 Å². The molecule has 0 N–H and O–H groups in total. The van der Waals surface area contributed by atoms with Gasteiger partial charge in [-0.25, -0.2) is 9.78 Å². The Morgan fingerprint density at radius 3 is 1.89 bits per heavy atom. The van der Waals surface area contributed by atoms with E-state index in [1.54, 1.807) is 13.8 Å². The van der Waals surface area contributed by atoms with E-state index < -0.39 is 23.0 Å². The molecule has 0 aliphatic rings. The number of hydrogen-bond donors (Lipinski definition) is 0. The van der Waals surface area contributed by atoms with Gasteiger partial charge >= 0.3 is 0 Å². The van der Waals surface area contributed by atoms with E-state index in [-0.39, 0.29) is 5.92 Å². The van der Waals surface area contributed by atoms with Gasteiger partial charge in [-0.2, -0.15) is 0 Å². The zero-order chi connectivity index (χ0) is 15.5. The summed E-state index contributed by atoms with van der Waals surface area (Å²) in [5.41, 5.74) is -1.77. The molecule has 5 nitrogen and oxygen atoms in total. The molecule has 0 amide bonds. The van der Waals surface area contributed by atoms with Gasteiger partial charge < -0.3 is 14.6 Å². The summed E-state index contributed by atoms with van der Waals surface area (Å²) in [6.07, 6.45) is -0.926. The van der Waals surface area contributed by atoms with E-state index >= 15 is 0 Å². The van der Waals surface area contributed by atoms with Crippen LogP contribution in [0.4, 0.5) is 4.79 Å². The highest BCUT2D eigenvalue weighted by molar-refractivity contribution is 5.54. The van der Waals surface area contributed by atoms with Gasteiger partial charge in [0.2, 0.25) is 0 Å². The molecule has 0 spiro atoms. The van der Waals surface area contributed by atoms with Crippen molar-refractivity contribution >= 4 is 6.16 Å². The number of rotatable bonds is 6. The highest BCUT2D eigenvalue weighted by Gasteiger charge is 2.33. The lowest BCUT2D eigenvalue weighted by atomic mass is 9.84. The van der Waals surface area contributed by atoms with Gasteiger partial charge in [0.25, 0.3) is 6.16 Å². The maximum atomic E-state index is 10.6. The van der Waals surface area contributed by atoms with Crippen molar-refractivity contribution in [3.63, 3.8) is 0 Å². The summed E-state index contributed by atoms with van der Waals surface area (Å²) < 4.78 is 4.80. The number of ether oxygens (including phenoxy) is 1. The summed E-state index contributed by atoms with van der Waals surface area (Å²) in [4.78, 5) is 21.3. The fourth-order valence-corrected chi connectivity index (χ4v) is 1.57. The van der Waals surface area contributed by atoms with Crippen LogP contribution in [0.2, 0.25) is 0 Å². The Balaban J connectivity index is 4.52. The molecule has 0 heterocycles. The van der Waals surface area contributed by atoms with Crippen LogP contribution in [0, 0.1) is 5.92 Å². The first-order chi connectivity index (χ1) is 8.25. The third-order valence-electron chi connectivity index (χ3n) is 2.85. The van der Waals surface area contributed by atoms with Crippen LogP contribution in [0.5, 0.6) is 0 Å². The number of carbonyl (C=O) groups excluding carboxylic acids is 1. The minimum atomic E-state index is -1.51. The van der Waals surface area contributed by atoms with Crippen molar-refractivity contribution in [1.82, 2.24) is 0 Å². The SMILES string of the molecule is CC(CC(C)(C)OOC(C)(C)C)C(C)(C)OC(=O)[O-]. The fraction of sp³-hybridized carbons (Fsp3) is 0.929. The minimum absolute atomic E-state index is 0.0519. The summed E-state index contributed by atoms with van der Waals surface area (Å²) in [5.74, 6) is -0.0519. The van der Waals surface area contributed by atoms with E-state index in [9.17, 15) is 9.90 Å². The number of carboxylic acid groups (broad SMARTS) is 1. The van der Waals surface area contributed by atoms with Crippen molar-refractivity contribution < 1.29 is 24.4 Å². The molecule has 19 heavy (non-hydrogen) atoms. The fourth-order valence-electron chi connectivity index (χ4n) is 1.57. The zero-order valence-corrected chi connectivity index (χ0v) is 13.3. The van der Waals surface area contributed by atoms with Crippen molar-refractivity contribution in [2.24, 2.45) is 5.92 Å². The number of hydrogen-bond acceptors (Lipinski definition) is 5. The first-order valence-electron chi connectivity index (χ1n) is 6.52. The molecule has 0 saturated carbocycles. The topological polar surface area (TPSA) is 67.8 Å². The van der Waals surface area contributed by atoms with Crippen LogP contribution in [0.1, 0.15) is 61.8 Å². The van der Waals surface area contributed by atoms with E-state index in [4.69, 9.17) is 14.5 Å². The molecule has 0 rings (SSSR count). The lowest BCUT2D eigenvalue weighted by Crippen LogP contribution is -2.43. The van der Waals surface area contributed by atoms with Crippen molar-refractivity contribution in [3.8, 4) is 0 Å². The Morgan fingerprint density at radius 1 is 1.05 bits per heavy atom. The van der Waals surface area contributed by atoms with E-state index in [0.29, 0.717) is 6.42 Å². The van der Waals surface area contributed by atoms with Gasteiger partial charge in [0, 0.05) is 5.60 Å².